The molecule has 3 rings (SSSR count). The van der Waals surface area contributed by atoms with Gasteiger partial charge in [-0.3, -0.25) is 9.78 Å². The van der Waals surface area contributed by atoms with Gasteiger partial charge >= 0.3 is 0 Å². The van der Waals surface area contributed by atoms with E-state index in [2.05, 4.69) is 4.98 Å². The molecule has 1 aliphatic heterocycles. The lowest BCUT2D eigenvalue weighted by molar-refractivity contribution is 0.0506. The monoisotopic (exact) mass is 328 g/mol. The number of ether oxygens (including phenoxy) is 1. The minimum atomic E-state index is -0.279. The van der Waals surface area contributed by atoms with Gasteiger partial charge in [0.25, 0.3) is 5.91 Å². The molecule has 1 saturated heterocycles. The Labute approximate surface area is 141 Å². The molecule has 1 fully saturated rings. The third-order valence-electron chi connectivity index (χ3n) is 4.29. The number of carbonyl (C=O) groups is 1. The van der Waals surface area contributed by atoms with Gasteiger partial charge < -0.3 is 9.64 Å². The van der Waals surface area contributed by atoms with Crippen LogP contribution in [-0.2, 0) is 11.3 Å². The Hall–Kier alpha value is -2.27. The van der Waals surface area contributed by atoms with Crippen LogP contribution in [0, 0.1) is 12.7 Å². The zero-order chi connectivity index (χ0) is 16.9. The molecule has 2 heterocycles. The number of benzene rings is 1. The third-order valence-corrected chi connectivity index (χ3v) is 4.29. The van der Waals surface area contributed by atoms with Crippen LogP contribution in [0.15, 0.2) is 42.7 Å². The fourth-order valence-corrected chi connectivity index (χ4v) is 2.92. The van der Waals surface area contributed by atoms with E-state index in [1.165, 1.54) is 12.1 Å². The van der Waals surface area contributed by atoms with E-state index in [1.54, 1.807) is 29.4 Å². The van der Waals surface area contributed by atoms with Crippen LogP contribution in [-0.4, -0.2) is 35.0 Å². The van der Waals surface area contributed by atoms with Crippen molar-refractivity contribution in [2.45, 2.75) is 32.4 Å². The van der Waals surface area contributed by atoms with E-state index < -0.39 is 0 Å². The van der Waals surface area contributed by atoms with E-state index >= 15 is 0 Å². The van der Waals surface area contributed by atoms with E-state index in [-0.39, 0.29) is 17.8 Å². The predicted octanol–water partition coefficient (Wildman–Crippen LogP) is 3.35. The first kappa shape index (κ1) is 16.6. The molecule has 0 aliphatic carbocycles. The Morgan fingerprint density at radius 3 is 2.79 bits per heavy atom. The van der Waals surface area contributed by atoms with Crippen LogP contribution >= 0.6 is 0 Å². The Morgan fingerprint density at radius 1 is 1.33 bits per heavy atom. The van der Waals surface area contributed by atoms with Crippen molar-refractivity contribution in [2.24, 2.45) is 0 Å². The van der Waals surface area contributed by atoms with Gasteiger partial charge in [-0.05, 0) is 49.1 Å². The van der Waals surface area contributed by atoms with Gasteiger partial charge in [0.05, 0.1) is 11.7 Å². The summed E-state index contributed by atoms with van der Waals surface area (Å²) in [5.41, 5.74) is 2.38. The van der Waals surface area contributed by atoms with Crippen LogP contribution < -0.4 is 0 Å². The Kier molecular flexibility index (Phi) is 5.20. The highest BCUT2D eigenvalue weighted by Crippen LogP contribution is 2.18. The van der Waals surface area contributed by atoms with Crippen molar-refractivity contribution in [2.75, 3.05) is 13.2 Å². The normalized spacial score (nSPS) is 17.0. The maximum atomic E-state index is 13.1. The SMILES string of the molecule is Cc1ccncc1C(=O)N(Cc1ccc(F)cc1)C[C@@H]1CCCO1. The number of hydrogen-bond acceptors (Lipinski definition) is 3. The molecule has 1 aromatic heterocycles. The number of pyridine rings is 1. The molecule has 0 unspecified atom stereocenters. The van der Waals surface area contributed by atoms with Gasteiger partial charge in [0, 0.05) is 32.1 Å². The van der Waals surface area contributed by atoms with E-state index in [9.17, 15) is 9.18 Å². The standard InChI is InChI=1S/C19H21FN2O2/c1-14-8-9-21-11-18(14)19(23)22(13-17-3-2-10-24-17)12-15-4-6-16(20)7-5-15/h4-9,11,17H,2-3,10,12-13H2,1H3/t17-/m0/s1. The minimum absolute atomic E-state index is 0.0615. The van der Waals surface area contributed by atoms with E-state index in [4.69, 9.17) is 4.74 Å². The first-order valence-electron chi connectivity index (χ1n) is 8.19. The molecule has 126 valence electrons. The molecule has 0 spiro atoms. The van der Waals surface area contributed by atoms with Crippen LogP contribution in [0.5, 0.6) is 0 Å². The second-order valence-electron chi connectivity index (χ2n) is 6.14. The van der Waals surface area contributed by atoms with Gasteiger partial charge in [0.15, 0.2) is 0 Å². The molecule has 1 atom stereocenters. The zero-order valence-corrected chi connectivity index (χ0v) is 13.7. The average molecular weight is 328 g/mol. The first-order chi connectivity index (χ1) is 11.6. The molecule has 0 bridgehead atoms. The topological polar surface area (TPSA) is 42.4 Å². The lowest BCUT2D eigenvalue weighted by Gasteiger charge is -2.26. The number of rotatable bonds is 5. The second-order valence-corrected chi connectivity index (χ2v) is 6.14. The summed E-state index contributed by atoms with van der Waals surface area (Å²) in [4.78, 5) is 18.8. The van der Waals surface area contributed by atoms with Crippen LogP contribution in [0.3, 0.4) is 0 Å². The zero-order valence-electron chi connectivity index (χ0n) is 13.7. The highest BCUT2D eigenvalue weighted by molar-refractivity contribution is 5.95. The van der Waals surface area contributed by atoms with Crippen LogP contribution in [0.2, 0.25) is 0 Å². The molecule has 0 N–H and O–H groups in total. The summed E-state index contributed by atoms with van der Waals surface area (Å²) < 4.78 is 18.8. The number of carbonyl (C=O) groups excluding carboxylic acids is 1. The first-order valence-corrected chi connectivity index (χ1v) is 8.19. The molecule has 24 heavy (non-hydrogen) atoms. The van der Waals surface area contributed by atoms with E-state index in [0.29, 0.717) is 18.7 Å². The Balaban J connectivity index is 1.81. The molecule has 1 aromatic carbocycles. The third kappa shape index (κ3) is 3.97. The van der Waals surface area contributed by atoms with Crippen LogP contribution in [0.1, 0.15) is 34.3 Å². The summed E-state index contributed by atoms with van der Waals surface area (Å²) >= 11 is 0. The summed E-state index contributed by atoms with van der Waals surface area (Å²) in [6.45, 7) is 3.60. The van der Waals surface area contributed by atoms with Crippen molar-refractivity contribution in [3.8, 4) is 0 Å². The van der Waals surface area contributed by atoms with Gasteiger partial charge in [-0.1, -0.05) is 12.1 Å². The predicted molar refractivity (Wildman–Crippen MR) is 89.1 cm³/mol. The highest BCUT2D eigenvalue weighted by Gasteiger charge is 2.24. The molecule has 0 radical (unpaired) electrons. The summed E-state index contributed by atoms with van der Waals surface area (Å²) in [5, 5.41) is 0. The molecule has 0 saturated carbocycles. The molecule has 1 aliphatic rings. The molecule has 1 amide bonds. The summed E-state index contributed by atoms with van der Waals surface area (Å²) in [7, 11) is 0. The fourth-order valence-electron chi connectivity index (χ4n) is 2.92. The van der Waals surface area contributed by atoms with Crippen LogP contribution in [0.4, 0.5) is 4.39 Å². The largest absolute Gasteiger partial charge is 0.376 e. The molecular weight excluding hydrogens is 307 g/mol. The lowest BCUT2D eigenvalue weighted by atomic mass is 10.1. The maximum absolute atomic E-state index is 13.1. The number of halogens is 1. The minimum Gasteiger partial charge on any atom is -0.376 e. The van der Waals surface area contributed by atoms with Gasteiger partial charge in [-0.2, -0.15) is 0 Å². The average Bonchev–Trinajstić information content (AvgIpc) is 3.09. The van der Waals surface area contributed by atoms with E-state index in [0.717, 1.165) is 30.6 Å². The quantitative estimate of drug-likeness (QED) is 0.845. The van der Waals surface area contributed by atoms with Crippen molar-refractivity contribution >= 4 is 5.91 Å². The molecular formula is C19H21FN2O2. The Morgan fingerprint density at radius 2 is 2.12 bits per heavy atom. The molecule has 5 heteroatoms. The summed E-state index contributed by atoms with van der Waals surface area (Å²) in [6.07, 6.45) is 5.32. The van der Waals surface area contributed by atoms with Gasteiger partial charge in [0.1, 0.15) is 5.82 Å². The van der Waals surface area contributed by atoms with Gasteiger partial charge in [-0.15, -0.1) is 0 Å². The Bertz CT molecular complexity index is 697. The van der Waals surface area contributed by atoms with Gasteiger partial charge in [-0.25, -0.2) is 4.39 Å². The maximum Gasteiger partial charge on any atom is 0.256 e. The number of amides is 1. The smallest absolute Gasteiger partial charge is 0.256 e. The van der Waals surface area contributed by atoms with Crippen LogP contribution in [0.25, 0.3) is 0 Å². The number of aryl methyl sites for hydroxylation is 1. The number of aromatic nitrogens is 1. The summed E-state index contributed by atoms with van der Waals surface area (Å²) in [5.74, 6) is -0.348. The van der Waals surface area contributed by atoms with E-state index in [1.807, 2.05) is 13.0 Å². The van der Waals surface area contributed by atoms with Crippen molar-refractivity contribution in [1.29, 1.82) is 0 Å². The lowest BCUT2D eigenvalue weighted by Crippen LogP contribution is -2.37. The molecule has 2 aromatic rings. The van der Waals surface area contributed by atoms with Crippen molar-refractivity contribution in [1.82, 2.24) is 9.88 Å². The number of hydrogen-bond donors (Lipinski definition) is 0. The van der Waals surface area contributed by atoms with Crippen molar-refractivity contribution in [3.63, 3.8) is 0 Å². The van der Waals surface area contributed by atoms with Gasteiger partial charge in [0.2, 0.25) is 0 Å². The van der Waals surface area contributed by atoms with Crippen molar-refractivity contribution < 1.29 is 13.9 Å². The second kappa shape index (κ2) is 7.53. The highest BCUT2D eigenvalue weighted by atomic mass is 19.1. The molecule has 4 nitrogen and oxygen atoms in total. The summed E-state index contributed by atoms with van der Waals surface area (Å²) in [6, 6.07) is 8.08. The fraction of sp³-hybridized carbons (Fsp3) is 0.368. The van der Waals surface area contributed by atoms with Crippen molar-refractivity contribution in [3.05, 3.63) is 65.2 Å². The number of nitrogens with zero attached hydrogens (tertiary/aromatic N) is 2.